The Hall–Kier alpha value is -3.38. The largest absolute Gasteiger partial charge is 0.493 e. The molecule has 10 nitrogen and oxygen atoms in total. The number of carbonyl (C=O) groups is 4. The van der Waals surface area contributed by atoms with Crippen LogP contribution in [0.2, 0.25) is 0 Å². The number of ether oxygens (including phenoxy) is 6. The summed E-state index contributed by atoms with van der Waals surface area (Å²) in [6.45, 7) is 1.72. The molecular weight excluding hydrogens is 560 g/mol. The van der Waals surface area contributed by atoms with Crippen molar-refractivity contribution in [3.8, 4) is 23.0 Å². The van der Waals surface area contributed by atoms with Crippen molar-refractivity contribution < 1.29 is 47.6 Å². The number of carbonyl (C=O) groups excluding carboxylic acids is 4. The first-order chi connectivity index (χ1) is 19.2. The molecule has 0 N–H and O–H groups in total. The maximum atomic E-state index is 12.3. The van der Waals surface area contributed by atoms with Gasteiger partial charge in [-0.1, -0.05) is 19.1 Å². The highest BCUT2D eigenvalue weighted by atomic mass is 32.1. The average Bonchev–Trinajstić information content (AvgIpc) is 2.92. The van der Waals surface area contributed by atoms with Crippen LogP contribution in [0.4, 0.5) is 0 Å². The normalized spacial score (nSPS) is 10.6. The molecule has 40 heavy (non-hydrogen) atoms. The lowest BCUT2D eigenvalue weighted by atomic mass is 10.0. The van der Waals surface area contributed by atoms with Gasteiger partial charge in [-0.3, -0.25) is 19.2 Å². The monoisotopic (exact) mass is 594 g/mol. The fourth-order valence-corrected chi connectivity index (χ4v) is 3.75. The van der Waals surface area contributed by atoms with Crippen LogP contribution in [-0.2, 0) is 41.9 Å². The van der Waals surface area contributed by atoms with Crippen molar-refractivity contribution in [3.05, 3.63) is 47.5 Å². The summed E-state index contributed by atoms with van der Waals surface area (Å²) in [4.78, 5) is 48.0. The van der Waals surface area contributed by atoms with Gasteiger partial charge in [0.15, 0.2) is 23.0 Å². The number of rotatable bonds is 16. The maximum absolute atomic E-state index is 12.3. The molecule has 218 valence electrons. The molecule has 0 amide bonds. The van der Waals surface area contributed by atoms with E-state index >= 15 is 0 Å². The molecule has 0 aromatic heterocycles. The molecule has 0 bridgehead atoms. The molecule has 0 saturated carbocycles. The zero-order valence-corrected chi connectivity index (χ0v) is 24.5. The van der Waals surface area contributed by atoms with Crippen LogP contribution in [0.15, 0.2) is 36.4 Å². The number of benzene rings is 2. The van der Waals surface area contributed by atoms with Crippen LogP contribution >= 0.6 is 25.3 Å². The van der Waals surface area contributed by atoms with Gasteiger partial charge in [-0.05, 0) is 41.3 Å². The Labute approximate surface area is 244 Å². The summed E-state index contributed by atoms with van der Waals surface area (Å²) in [5, 5.41) is 0. The minimum Gasteiger partial charge on any atom is -0.493 e. The number of esters is 4. The minimum atomic E-state index is -0.476. The van der Waals surface area contributed by atoms with E-state index in [4.69, 9.17) is 28.4 Å². The van der Waals surface area contributed by atoms with E-state index in [1.165, 1.54) is 14.2 Å². The summed E-state index contributed by atoms with van der Waals surface area (Å²) in [7, 11) is 2.88. The molecule has 0 aliphatic heterocycles. The van der Waals surface area contributed by atoms with Gasteiger partial charge in [0.1, 0.15) is 13.2 Å². The van der Waals surface area contributed by atoms with Gasteiger partial charge in [0.25, 0.3) is 0 Å². The van der Waals surface area contributed by atoms with Gasteiger partial charge in [-0.25, -0.2) is 0 Å². The van der Waals surface area contributed by atoms with Crippen LogP contribution in [0.25, 0.3) is 0 Å². The summed E-state index contributed by atoms with van der Waals surface area (Å²) in [5.41, 5.74) is 1.29. The summed E-state index contributed by atoms with van der Waals surface area (Å²) < 4.78 is 31.7. The zero-order valence-electron chi connectivity index (χ0n) is 22.7. The van der Waals surface area contributed by atoms with Gasteiger partial charge < -0.3 is 28.4 Å². The molecule has 0 saturated heterocycles. The predicted octanol–water partition coefficient (Wildman–Crippen LogP) is 4.36. The van der Waals surface area contributed by atoms with E-state index in [2.05, 4.69) is 25.3 Å². The minimum absolute atomic E-state index is 0.0149. The lowest BCUT2D eigenvalue weighted by Gasteiger charge is -2.13. The molecule has 2 aromatic carbocycles. The molecule has 2 rings (SSSR count). The summed E-state index contributed by atoms with van der Waals surface area (Å²) in [5.74, 6) is -0.202. The molecule has 0 aliphatic rings. The number of thiol groups is 2. The van der Waals surface area contributed by atoms with Gasteiger partial charge in [0.05, 0.1) is 27.1 Å². The first-order valence-electron chi connectivity index (χ1n) is 12.5. The number of hydrogen-bond acceptors (Lipinski definition) is 12. The Bertz CT molecular complexity index is 1080. The van der Waals surface area contributed by atoms with Crippen LogP contribution in [0.3, 0.4) is 0 Å². The van der Waals surface area contributed by atoms with E-state index in [0.29, 0.717) is 34.1 Å². The highest BCUT2D eigenvalue weighted by Crippen LogP contribution is 2.30. The van der Waals surface area contributed by atoms with Crippen molar-refractivity contribution in [1.82, 2.24) is 0 Å². The van der Waals surface area contributed by atoms with Crippen molar-refractivity contribution in [2.24, 2.45) is 5.92 Å². The Kier molecular flexibility index (Phi) is 14.2. The quantitative estimate of drug-likeness (QED) is 0.165. The van der Waals surface area contributed by atoms with Gasteiger partial charge in [-0.2, -0.15) is 25.3 Å². The van der Waals surface area contributed by atoms with Crippen molar-refractivity contribution in [2.45, 2.75) is 45.8 Å². The summed E-state index contributed by atoms with van der Waals surface area (Å²) in [6, 6.07) is 9.68. The fourth-order valence-electron chi connectivity index (χ4n) is 3.39. The van der Waals surface area contributed by atoms with E-state index in [-0.39, 0.29) is 56.3 Å². The molecule has 0 aliphatic carbocycles. The molecule has 0 radical (unpaired) electrons. The van der Waals surface area contributed by atoms with Crippen LogP contribution in [0.5, 0.6) is 23.0 Å². The fraction of sp³-hybridized carbons (Fsp3) is 0.429. The third kappa shape index (κ3) is 11.4. The number of hydrogen-bond donors (Lipinski definition) is 2. The van der Waals surface area contributed by atoms with E-state index in [9.17, 15) is 19.2 Å². The van der Waals surface area contributed by atoms with Crippen LogP contribution in [0, 0.1) is 5.92 Å². The van der Waals surface area contributed by atoms with Gasteiger partial charge >= 0.3 is 23.9 Å². The predicted molar refractivity (Wildman–Crippen MR) is 152 cm³/mol. The Balaban J connectivity index is 1.80. The van der Waals surface area contributed by atoms with Crippen LogP contribution < -0.4 is 18.9 Å². The van der Waals surface area contributed by atoms with Crippen LogP contribution in [-0.4, -0.2) is 49.6 Å². The second-order valence-corrected chi connectivity index (χ2v) is 9.59. The molecule has 0 atom stereocenters. The topological polar surface area (TPSA) is 124 Å². The SMILES string of the molecule is COc1cc(COC(=O)CC(C)CC(=O)OCc2ccc(OC(=O)CCS)c(OC)c2)ccc1OC(=O)CCS. The zero-order chi connectivity index (χ0) is 29.5. The second-order valence-electron chi connectivity index (χ2n) is 8.70. The molecule has 0 fully saturated rings. The van der Waals surface area contributed by atoms with E-state index < -0.39 is 23.9 Å². The molecular formula is C28H34O10S2. The second kappa shape index (κ2) is 17.3. The standard InChI is InChI=1S/C28H34O10S2/c1-18(12-27(31)35-16-19-4-6-21(23(14-19)33-2)37-25(29)8-10-39)13-28(32)36-17-20-5-7-22(24(15-20)34-3)38-26(30)9-11-40/h4-7,14-15,18,39-40H,8-13,16-17H2,1-3H3. The first kappa shape index (κ1) is 32.8. The van der Waals surface area contributed by atoms with Crippen molar-refractivity contribution in [2.75, 3.05) is 25.7 Å². The van der Waals surface area contributed by atoms with Crippen LogP contribution in [0.1, 0.15) is 43.7 Å². The molecule has 0 heterocycles. The first-order valence-corrected chi connectivity index (χ1v) is 13.7. The van der Waals surface area contributed by atoms with Crippen molar-refractivity contribution in [3.63, 3.8) is 0 Å². The van der Waals surface area contributed by atoms with Crippen molar-refractivity contribution >= 4 is 49.1 Å². The molecule has 2 aromatic rings. The molecule has 0 unspecified atom stereocenters. The van der Waals surface area contributed by atoms with E-state index in [1.54, 1.807) is 43.3 Å². The third-order valence-corrected chi connectivity index (χ3v) is 5.81. The van der Waals surface area contributed by atoms with Gasteiger partial charge in [0.2, 0.25) is 0 Å². The van der Waals surface area contributed by atoms with Gasteiger partial charge in [0, 0.05) is 24.3 Å². The molecule has 0 spiro atoms. The van der Waals surface area contributed by atoms with E-state index in [1.807, 2.05) is 0 Å². The Morgan fingerprint density at radius 1 is 0.650 bits per heavy atom. The Morgan fingerprint density at radius 3 is 1.40 bits per heavy atom. The lowest BCUT2D eigenvalue weighted by molar-refractivity contribution is -0.148. The molecule has 12 heteroatoms. The summed E-state index contributed by atoms with van der Waals surface area (Å²) >= 11 is 8.01. The smallest absolute Gasteiger partial charge is 0.312 e. The lowest BCUT2D eigenvalue weighted by Crippen LogP contribution is -2.15. The number of methoxy groups -OCH3 is 2. The van der Waals surface area contributed by atoms with Gasteiger partial charge in [-0.15, -0.1) is 0 Å². The highest BCUT2D eigenvalue weighted by Gasteiger charge is 2.17. The average molecular weight is 595 g/mol. The van der Waals surface area contributed by atoms with E-state index in [0.717, 1.165) is 0 Å². The maximum Gasteiger partial charge on any atom is 0.312 e. The highest BCUT2D eigenvalue weighted by molar-refractivity contribution is 7.80. The summed E-state index contributed by atoms with van der Waals surface area (Å²) in [6.07, 6.45) is 0.363. The third-order valence-electron chi connectivity index (χ3n) is 5.37. The Morgan fingerprint density at radius 2 is 1.05 bits per heavy atom. The van der Waals surface area contributed by atoms with Crippen molar-refractivity contribution in [1.29, 1.82) is 0 Å².